The molecule has 0 aliphatic heterocycles. The molecule has 1 atom stereocenters. The first-order valence-corrected chi connectivity index (χ1v) is 6.36. The van der Waals surface area contributed by atoms with Gasteiger partial charge in [0.1, 0.15) is 0 Å². The van der Waals surface area contributed by atoms with Crippen molar-refractivity contribution in [1.29, 1.82) is 0 Å². The lowest BCUT2D eigenvalue weighted by atomic mass is 10.1. The Morgan fingerprint density at radius 2 is 1.93 bits per heavy atom. The zero-order valence-electron chi connectivity index (χ0n) is 9.21. The van der Waals surface area contributed by atoms with Crippen LogP contribution in [-0.2, 0) is 0 Å². The lowest BCUT2D eigenvalue weighted by molar-refractivity contribution is 0.593. The van der Waals surface area contributed by atoms with Crippen molar-refractivity contribution >= 4 is 17.4 Å². The molecule has 14 heavy (non-hydrogen) atoms. The minimum absolute atomic E-state index is 0.746. The van der Waals surface area contributed by atoms with Crippen LogP contribution in [-0.4, -0.2) is 12.8 Å². The van der Waals surface area contributed by atoms with E-state index in [0.717, 1.165) is 12.5 Å². The molecule has 1 aromatic rings. The average molecular weight is 209 g/mol. The zero-order valence-corrected chi connectivity index (χ0v) is 10.0. The van der Waals surface area contributed by atoms with E-state index in [1.807, 2.05) is 0 Å². The highest BCUT2D eigenvalue weighted by Crippen LogP contribution is 2.17. The monoisotopic (exact) mass is 209 g/mol. The Kier molecular flexibility index (Phi) is 4.88. The molecule has 1 rings (SSSR count). The molecule has 0 radical (unpaired) electrons. The molecular formula is C12H19NS. The lowest BCUT2D eigenvalue weighted by Crippen LogP contribution is -2.09. The zero-order chi connectivity index (χ0) is 10.4. The largest absolute Gasteiger partial charge is 0.385 e. The molecule has 0 aliphatic carbocycles. The summed E-state index contributed by atoms with van der Waals surface area (Å²) >= 11 is 1.78. The van der Waals surface area contributed by atoms with Crippen LogP contribution in [0.4, 0.5) is 5.69 Å². The fourth-order valence-electron chi connectivity index (χ4n) is 1.15. The molecule has 0 spiro atoms. The highest BCUT2D eigenvalue weighted by molar-refractivity contribution is 7.98. The van der Waals surface area contributed by atoms with Crippen molar-refractivity contribution in [3.63, 3.8) is 0 Å². The Labute approximate surface area is 91.3 Å². The minimum Gasteiger partial charge on any atom is -0.385 e. The van der Waals surface area contributed by atoms with Crippen molar-refractivity contribution in [2.24, 2.45) is 5.92 Å². The summed E-state index contributed by atoms with van der Waals surface area (Å²) < 4.78 is 0. The van der Waals surface area contributed by atoms with Gasteiger partial charge in [-0.3, -0.25) is 0 Å². The second-order valence-corrected chi connectivity index (χ2v) is 4.50. The van der Waals surface area contributed by atoms with Crippen molar-refractivity contribution in [2.45, 2.75) is 25.2 Å². The lowest BCUT2D eigenvalue weighted by Gasteiger charge is -2.11. The summed E-state index contributed by atoms with van der Waals surface area (Å²) in [6, 6.07) is 8.61. The number of nitrogens with one attached hydrogen (secondary N) is 1. The molecule has 0 aliphatic rings. The molecule has 0 saturated heterocycles. The number of benzene rings is 1. The van der Waals surface area contributed by atoms with Gasteiger partial charge < -0.3 is 5.32 Å². The summed E-state index contributed by atoms with van der Waals surface area (Å²) in [5.41, 5.74) is 1.23. The number of hydrogen-bond donors (Lipinski definition) is 1. The van der Waals surface area contributed by atoms with E-state index >= 15 is 0 Å². The standard InChI is InChI=1S/C12H19NS/c1-4-10(2)9-13-11-5-7-12(14-3)8-6-11/h5-8,10,13H,4,9H2,1-3H3/t10-/m0/s1. The Bertz CT molecular complexity index is 256. The van der Waals surface area contributed by atoms with Crippen LogP contribution in [0.3, 0.4) is 0 Å². The van der Waals surface area contributed by atoms with Crippen LogP contribution in [0, 0.1) is 5.92 Å². The van der Waals surface area contributed by atoms with E-state index in [2.05, 4.69) is 49.7 Å². The molecule has 0 amide bonds. The molecule has 1 nitrogen and oxygen atoms in total. The molecule has 0 aromatic heterocycles. The van der Waals surface area contributed by atoms with E-state index in [0.29, 0.717) is 0 Å². The van der Waals surface area contributed by atoms with E-state index in [-0.39, 0.29) is 0 Å². The van der Waals surface area contributed by atoms with E-state index in [1.165, 1.54) is 17.0 Å². The van der Waals surface area contributed by atoms with Gasteiger partial charge in [0, 0.05) is 17.1 Å². The van der Waals surface area contributed by atoms with Gasteiger partial charge in [-0.05, 0) is 36.4 Å². The third-order valence-corrected chi connectivity index (χ3v) is 3.19. The summed E-state index contributed by atoms with van der Waals surface area (Å²) in [6.45, 7) is 5.56. The predicted molar refractivity (Wildman–Crippen MR) is 66.2 cm³/mol. The highest BCUT2D eigenvalue weighted by Gasteiger charge is 1.98. The Balaban J connectivity index is 2.43. The van der Waals surface area contributed by atoms with Crippen LogP contribution in [0.25, 0.3) is 0 Å². The fraction of sp³-hybridized carbons (Fsp3) is 0.500. The van der Waals surface area contributed by atoms with Crippen molar-refractivity contribution < 1.29 is 0 Å². The topological polar surface area (TPSA) is 12.0 Å². The van der Waals surface area contributed by atoms with Gasteiger partial charge in [0.05, 0.1) is 0 Å². The molecule has 0 unspecified atom stereocenters. The van der Waals surface area contributed by atoms with Crippen LogP contribution in [0.1, 0.15) is 20.3 Å². The van der Waals surface area contributed by atoms with E-state index < -0.39 is 0 Å². The molecular weight excluding hydrogens is 190 g/mol. The summed E-state index contributed by atoms with van der Waals surface area (Å²) in [7, 11) is 0. The highest BCUT2D eigenvalue weighted by atomic mass is 32.2. The van der Waals surface area contributed by atoms with Crippen LogP contribution < -0.4 is 5.32 Å². The second-order valence-electron chi connectivity index (χ2n) is 3.62. The Morgan fingerprint density at radius 1 is 1.29 bits per heavy atom. The first kappa shape index (κ1) is 11.4. The molecule has 2 heteroatoms. The van der Waals surface area contributed by atoms with Crippen molar-refractivity contribution in [1.82, 2.24) is 0 Å². The summed E-state index contributed by atoms with van der Waals surface area (Å²) in [5, 5.41) is 3.44. The average Bonchev–Trinajstić information content (AvgIpc) is 2.26. The maximum Gasteiger partial charge on any atom is 0.0341 e. The molecule has 1 aromatic carbocycles. The maximum atomic E-state index is 3.44. The third kappa shape index (κ3) is 3.62. The minimum atomic E-state index is 0.746. The molecule has 1 N–H and O–H groups in total. The molecule has 78 valence electrons. The number of rotatable bonds is 5. The predicted octanol–water partition coefficient (Wildman–Crippen LogP) is 3.87. The number of hydrogen-bond acceptors (Lipinski definition) is 2. The second kappa shape index (κ2) is 5.97. The van der Waals surface area contributed by atoms with E-state index in [9.17, 15) is 0 Å². The van der Waals surface area contributed by atoms with Gasteiger partial charge in [0.25, 0.3) is 0 Å². The molecule has 0 bridgehead atoms. The van der Waals surface area contributed by atoms with Gasteiger partial charge in [-0.1, -0.05) is 20.3 Å². The van der Waals surface area contributed by atoms with Gasteiger partial charge in [0.15, 0.2) is 0 Å². The van der Waals surface area contributed by atoms with Crippen LogP contribution in [0.2, 0.25) is 0 Å². The van der Waals surface area contributed by atoms with E-state index in [4.69, 9.17) is 0 Å². The van der Waals surface area contributed by atoms with Crippen molar-refractivity contribution in [3.8, 4) is 0 Å². The molecule has 0 fully saturated rings. The van der Waals surface area contributed by atoms with Crippen LogP contribution in [0.15, 0.2) is 29.2 Å². The fourth-order valence-corrected chi connectivity index (χ4v) is 1.55. The molecule has 0 heterocycles. The first-order valence-electron chi connectivity index (χ1n) is 5.14. The van der Waals surface area contributed by atoms with E-state index in [1.54, 1.807) is 11.8 Å². The number of anilines is 1. The quantitative estimate of drug-likeness (QED) is 0.739. The summed E-state index contributed by atoms with van der Waals surface area (Å²) in [4.78, 5) is 1.32. The maximum absolute atomic E-state index is 3.44. The first-order chi connectivity index (χ1) is 6.76. The van der Waals surface area contributed by atoms with Crippen molar-refractivity contribution in [3.05, 3.63) is 24.3 Å². The van der Waals surface area contributed by atoms with Gasteiger partial charge in [-0.15, -0.1) is 11.8 Å². The summed E-state index contributed by atoms with van der Waals surface area (Å²) in [5.74, 6) is 0.746. The third-order valence-electron chi connectivity index (χ3n) is 2.44. The van der Waals surface area contributed by atoms with Crippen LogP contribution >= 0.6 is 11.8 Å². The van der Waals surface area contributed by atoms with Gasteiger partial charge >= 0.3 is 0 Å². The van der Waals surface area contributed by atoms with Crippen LogP contribution in [0.5, 0.6) is 0 Å². The SMILES string of the molecule is CC[C@H](C)CNc1ccc(SC)cc1. The van der Waals surface area contributed by atoms with Crippen molar-refractivity contribution in [2.75, 3.05) is 18.1 Å². The Morgan fingerprint density at radius 3 is 2.43 bits per heavy atom. The van der Waals surface area contributed by atoms with Gasteiger partial charge in [-0.2, -0.15) is 0 Å². The Hall–Kier alpha value is -0.630. The molecule has 0 saturated carbocycles. The number of thioether (sulfide) groups is 1. The van der Waals surface area contributed by atoms with Gasteiger partial charge in [0.2, 0.25) is 0 Å². The normalized spacial score (nSPS) is 12.5. The van der Waals surface area contributed by atoms with Gasteiger partial charge in [-0.25, -0.2) is 0 Å². The summed E-state index contributed by atoms with van der Waals surface area (Å²) in [6.07, 6.45) is 3.33. The smallest absolute Gasteiger partial charge is 0.0341 e.